The zero-order valence-corrected chi connectivity index (χ0v) is 13.7. The van der Waals surface area contributed by atoms with Gasteiger partial charge >= 0.3 is 0 Å². The number of rotatable bonds is 7. The number of aryl methyl sites for hydroxylation is 1. The number of hydrogen-bond acceptors (Lipinski definition) is 5. The molecule has 7 heteroatoms. The molecule has 0 amide bonds. The van der Waals surface area contributed by atoms with Gasteiger partial charge in [-0.3, -0.25) is 0 Å². The Morgan fingerprint density at radius 3 is 2.45 bits per heavy atom. The van der Waals surface area contributed by atoms with Crippen molar-refractivity contribution in [3.63, 3.8) is 0 Å². The Bertz CT molecular complexity index is 547. The van der Waals surface area contributed by atoms with Crippen LogP contribution < -0.4 is 10.5 Å². The number of furan rings is 1. The van der Waals surface area contributed by atoms with Crippen molar-refractivity contribution in [1.29, 1.82) is 0 Å². The van der Waals surface area contributed by atoms with Gasteiger partial charge in [-0.05, 0) is 26.4 Å². The van der Waals surface area contributed by atoms with E-state index in [9.17, 15) is 8.42 Å². The molecule has 0 unspecified atom stereocenters. The SMILES string of the molecule is Cc1oc(CN)cc1S(=O)(=O)NCC(C)(C)CN(C)C. The van der Waals surface area contributed by atoms with E-state index in [1.165, 1.54) is 6.07 Å². The third-order valence-electron chi connectivity index (χ3n) is 2.90. The summed E-state index contributed by atoms with van der Waals surface area (Å²) in [7, 11) is 0.358. The number of nitrogens with zero attached hydrogens (tertiary/aromatic N) is 1. The van der Waals surface area contributed by atoms with Crippen LogP contribution in [0.2, 0.25) is 0 Å². The molecular weight excluding hydrogens is 278 g/mol. The monoisotopic (exact) mass is 303 g/mol. The van der Waals surface area contributed by atoms with E-state index in [-0.39, 0.29) is 16.9 Å². The second-order valence-corrected chi connectivity index (χ2v) is 7.80. The van der Waals surface area contributed by atoms with Crippen LogP contribution in [0.1, 0.15) is 25.4 Å². The molecule has 0 bridgehead atoms. The first-order valence-electron chi connectivity index (χ1n) is 6.51. The Morgan fingerprint density at radius 1 is 1.40 bits per heavy atom. The van der Waals surface area contributed by atoms with Crippen LogP contribution in [0.3, 0.4) is 0 Å². The van der Waals surface area contributed by atoms with E-state index in [4.69, 9.17) is 10.2 Å². The van der Waals surface area contributed by atoms with Gasteiger partial charge in [-0.25, -0.2) is 13.1 Å². The summed E-state index contributed by atoms with van der Waals surface area (Å²) >= 11 is 0. The number of hydrogen-bond donors (Lipinski definition) is 2. The first-order chi connectivity index (χ1) is 9.07. The van der Waals surface area contributed by atoms with Crippen molar-refractivity contribution >= 4 is 10.0 Å². The number of nitrogens with two attached hydrogens (primary N) is 1. The average molecular weight is 303 g/mol. The third kappa shape index (κ3) is 4.59. The maximum atomic E-state index is 12.3. The quantitative estimate of drug-likeness (QED) is 0.781. The number of sulfonamides is 1. The van der Waals surface area contributed by atoms with Crippen LogP contribution in [-0.2, 0) is 16.6 Å². The minimum Gasteiger partial charge on any atom is -0.464 e. The fraction of sp³-hybridized carbons (Fsp3) is 0.692. The van der Waals surface area contributed by atoms with Gasteiger partial charge in [-0.2, -0.15) is 0 Å². The summed E-state index contributed by atoms with van der Waals surface area (Å²) in [6, 6.07) is 1.48. The van der Waals surface area contributed by atoms with Gasteiger partial charge in [0.1, 0.15) is 16.4 Å². The van der Waals surface area contributed by atoms with Gasteiger partial charge in [0.05, 0.1) is 6.54 Å². The summed E-state index contributed by atoms with van der Waals surface area (Å²) in [5, 5.41) is 0. The minimum atomic E-state index is -3.57. The first kappa shape index (κ1) is 17.2. The zero-order valence-electron chi connectivity index (χ0n) is 12.9. The molecule has 1 heterocycles. The Kier molecular flexibility index (Phi) is 5.37. The van der Waals surface area contributed by atoms with Crippen molar-refractivity contribution in [2.45, 2.75) is 32.2 Å². The van der Waals surface area contributed by atoms with Gasteiger partial charge < -0.3 is 15.1 Å². The zero-order chi connectivity index (χ0) is 15.6. The van der Waals surface area contributed by atoms with Crippen molar-refractivity contribution in [2.75, 3.05) is 27.2 Å². The second-order valence-electron chi connectivity index (χ2n) is 6.06. The molecule has 0 aliphatic carbocycles. The summed E-state index contributed by atoms with van der Waals surface area (Å²) in [6.07, 6.45) is 0. The lowest BCUT2D eigenvalue weighted by molar-refractivity contribution is 0.242. The lowest BCUT2D eigenvalue weighted by atomic mass is 9.93. The fourth-order valence-electron chi connectivity index (χ4n) is 2.17. The van der Waals surface area contributed by atoms with Gasteiger partial charge in [-0.15, -0.1) is 0 Å². The van der Waals surface area contributed by atoms with Crippen molar-refractivity contribution in [1.82, 2.24) is 9.62 Å². The molecule has 1 rings (SSSR count). The van der Waals surface area contributed by atoms with E-state index in [1.54, 1.807) is 6.92 Å². The van der Waals surface area contributed by atoms with Crippen LogP contribution in [-0.4, -0.2) is 40.5 Å². The molecular formula is C13H25N3O3S. The summed E-state index contributed by atoms with van der Waals surface area (Å²) < 4.78 is 32.5. The van der Waals surface area contributed by atoms with Crippen molar-refractivity contribution in [3.8, 4) is 0 Å². The van der Waals surface area contributed by atoms with Gasteiger partial charge in [-0.1, -0.05) is 13.8 Å². The molecule has 6 nitrogen and oxygen atoms in total. The topological polar surface area (TPSA) is 88.6 Å². The van der Waals surface area contributed by atoms with Crippen molar-refractivity contribution in [3.05, 3.63) is 17.6 Å². The van der Waals surface area contributed by atoms with Gasteiger partial charge in [0.25, 0.3) is 0 Å². The van der Waals surface area contributed by atoms with Crippen LogP contribution in [0.15, 0.2) is 15.4 Å². The Labute approximate surface area is 121 Å². The summed E-state index contributed by atoms with van der Waals surface area (Å²) in [6.45, 7) is 6.98. The van der Waals surface area contributed by atoms with Crippen molar-refractivity contribution in [2.24, 2.45) is 11.1 Å². The highest BCUT2D eigenvalue weighted by atomic mass is 32.2. The maximum absolute atomic E-state index is 12.3. The standard InChI is InChI=1S/C13H25N3O3S/c1-10-12(6-11(7-14)19-10)20(17,18)15-8-13(2,3)9-16(4)5/h6,15H,7-9,14H2,1-5H3. The normalized spacial score (nSPS) is 13.2. The highest BCUT2D eigenvalue weighted by Crippen LogP contribution is 2.21. The highest BCUT2D eigenvalue weighted by molar-refractivity contribution is 7.89. The molecule has 0 spiro atoms. The molecule has 0 aliphatic rings. The molecule has 1 aromatic heterocycles. The van der Waals surface area contributed by atoms with Crippen LogP contribution in [0.4, 0.5) is 0 Å². The smallest absolute Gasteiger partial charge is 0.244 e. The van der Waals surface area contributed by atoms with E-state index < -0.39 is 10.0 Å². The predicted octanol–water partition coefficient (Wildman–Crippen LogP) is 0.913. The van der Waals surface area contributed by atoms with Gasteiger partial charge in [0.2, 0.25) is 10.0 Å². The number of nitrogens with one attached hydrogen (secondary N) is 1. The largest absolute Gasteiger partial charge is 0.464 e. The molecule has 0 atom stereocenters. The lowest BCUT2D eigenvalue weighted by Crippen LogP contribution is -2.40. The van der Waals surface area contributed by atoms with Gasteiger partial charge in [0, 0.05) is 19.2 Å². The maximum Gasteiger partial charge on any atom is 0.244 e. The summed E-state index contributed by atoms with van der Waals surface area (Å²) in [5.41, 5.74) is 5.30. The summed E-state index contributed by atoms with van der Waals surface area (Å²) in [5.74, 6) is 0.832. The minimum absolute atomic E-state index is 0.162. The van der Waals surface area contributed by atoms with E-state index in [0.29, 0.717) is 18.1 Å². The van der Waals surface area contributed by atoms with Gasteiger partial charge in [0.15, 0.2) is 0 Å². The van der Waals surface area contributed by atoms with E-state index >= 15 is 0 Å². The Balaban J connectivity index is 2.82. The molecule has 0 aliphatic heterocycles. The first-order valence-corrected chi connectivity index (χ1v) is 7.99. The van der Waals surface area contributed by atoms with Crippen LogP contribution in [0.5, 0.6) is 0 Å². The third-order valence-corrected chi connectivity index (χ3v) is 4.41. The fourth-order valence-corrected chi connectivity index (χ4v) is 3.61. The average Bonchev–Trinajstić information content (AvgIpc) is 2.67. The Morgan fingerprint density at radius 2 is 2.00 bits per heavy atom. The van der Waals surface area contributed by atoms with E-state index in [1.807, 2.05) is 32.8 Å². The summed E-state index contributed by atoms with van der Waals surface area (Å²) in [4.78, 5) is 2.20. The van der Waals surface area contributed by atoms with Crippen LogP contribution in [0, 0.1) is 12.3 Å². The predicted molar refractivity (Wildman–Crippen MR) is 78.9 cm³/mol. The van der Waals surface area contributed by atoms with E-state index in [0.717, 1.165) is 6.54 Å². The van der Waals surface area contributed by atoms with E-state index in [2.05, 4.69) is 4.72 Å². The molecule has 0 radical (unpaired) electrons. The molecule has 0 aromatic carbocycles. The second kappa shape index (κ2) is 6.26. The molecule has 1 aromatic rings. The molecule has 3 N–H and O–H groups in total. The Hall–Kier alpha value is -0.890. The van der Waals surface area contributed by atoms with Crippen molar-refractivity contribution < 1.29 is 12.8 Å². The van der Waals surface area contributed by atoms with Crippen LogP contribution in [0.25, 0.3) is 0 Å². The molecule has 116 valence electrons. The molecule has 0 fully saturated rings. The molecule has 20 heavy (non-hydrogen) atoms. The highest BCUT2D eigenvalue weighted by Gasteiger charge is 2.25. The van der Waals surface area contributed by atoms with Crippen LogP contribution >= 0.6 is 0 Å². The lowest BCUT2D eigenvalue weighted by Gasteiger charge is -2.28. The molecule has 0 saturated heterocycles. The molecule has 0 saturated carbocycles.